The molecule has 0 saturated heterocycles. The highest BCUT2D eigenvalue weighted by Crippen LogP contribution is 2.75. The first-order chi connectivity index (χ1) is 14.3. The highest BCUT2D eigenvalue weighted by molar-refractivity contribution is 8.13. The lowest BCUT2D eigenvalue weighted by molar-refractivity contribution is 0.325. The van der Waals surface area contributed by atoms with Crippen LogP contribution in [0.2, 0.25) is 0 Å². The molecular weight excluding hydrogens is 464 g/mol. The smallest absolute Gasteiger partial charge is 0.353 e. The van der Waals surface area contributed by atoms with E-state index in [1.165, 1.54) is 30.5 Å². The van der Waals surface area contributed by atoms with E-state index in [1.807, 2.05) is 6.92 Å². The number of phenolic OH excluding ortho intramolecular Hbond substituents is 2. The van der Waals surface area contributed by atoms with Crippen LogP contribution in [0.1, 0.15) is 12.0 Å². The summed E-state index contributed by atoms with van der Waals surface area (Å²) in [7, 11) is -10.4. The monoisotopic (exact) mass is 487 g/mol. The maximum Gasteiger partial charge on any atom is 0.353 e. The topological polar surface area (TPSA) is 160 Å². The van der Waals surface area contributed by atoms with Crippen LogP contribution in [-0.2, 0) is 15.7 Å². The lowest BCUT2D eigenvalue weighted by Crippen LogP contribution is -2.27. The van der Waals surface area contributed by atoms with Gasteiger partial charge in [-0.3, -0.25) is 9.13 Å². The van der Waals surface area contributed by atoms with Gasteiger partial charge in [0.2, 0.25) is 4.23 Å². The summed E-state index contributed by atoms with van der Waals surface area (Å²) in [6.45, 7) is 1.70. The Morgan fingerprint density at radius 2 is 1.48 bits per heavy atom. The van der Waals surface area contributed by atoms with Crippen LogP contribution in [0.25, 0.3) is 22.2 Å². The van der Waals surface area contributed by atoms with Crippen LogP contribution in [0.3, 0.4) is 0 Å². The molecule has 12 heteroatoms. The van der Waals surface area contributed by atoms with E-state index in [0.29, 0.717) is 28.5 Å². The summed E-state index contributed by atoms with van der Waals surface area (Å²) in [6.07, 6.45) is 0.733. The second-order valence-corrected chi connectivity index (χ2v) is 12.9. The molecule has 0 spiro atoms. The van der Waals surface area contributed by atoms with E-state index in [1.54, 1.807) is 22.8 Å². The number of nitrogens with zero attached hydrogens (tertiary/aromatic N) is 1. The quantitative estimate of drug-likeness (QED) is 0.273. The molecule has 9 nitrogen and oxygen atoms in total. The van der Waals surface area contributed by atoms with Gasteiger partial charge in [-0.25, -0.2) is 0 Å². The zero-order chi connectivity index (χ0) is 23.2. The standard InChI is InChI=1S/C19H23NO8P2S/c1-12-16-8-7-15(22)11-17(16)20(18(12)13-3-5-14(21)6-4-13)10-9-19(31-2,29(23,24)25)30(26,27)28/h3-8,11,21-22H,9-10H2,1-2H3,(H2,23,24,25)(H2,26,27,28). The Hall–Kier alpha value is -1.77. The Kier molecular flexibility index (Phi) is 6.39. The van der Waals surface area contributed by atoms with Crippen LogP contribution < -0.4 is 0 Å². The van der Waals surface area contributed by atoms with Crippen LogP contribution in [-0.4, -0.2) is 44.8 Å². The molecule has 0 aliphatic rings. The third kappa shape index (κ3) is 4.17. The molecular formula is C19H23NO8P2S. The van der Waals surface area contributed by atoms with Gasteiger partial charge >= 0.3 is 15.2 Å². The molecule has 2 aromatic carbocycles. The highest BCUT2D eigenvalue weighted by atomic mass is 32.2. The van der Waals surface area contributed by atoms with Crippen LogP contribution in [0.15, 0.2) is 42.5 Å². The molecule has 3 rings (SSSR count). The van der Waals surface area contributed by atoms with Crippen molar-refractivity contribution < 1.29 is 38.9 Å². The Morgan fingerprint density at radius 3 is 2.00 bits per heavy atom. The lowest BCUT2D eigenvalue weighted by atomic mass is 10.1. The van der Waals surface area contributed by atoms with Gasteiger partial charge in [0.05, 0.1) is 11.2 Å². The van der Waals surface area contributed by atoms with Crippen molar-refractivity contribution in [2.75, 3.05) is 6.26 Å². The molecule has 0 aliphatic carbocycles. The van der Waals surface area contributed by atoms with E-state index in [-0.39, 0.29) is 18.0 Å². The number of aromatic nitrogens is 1. The molecule has 0 atom stereocenters. The molecule has 0 unspecified atom stereocenters. The van der Waals surface area contributed by atoms with Crippen LogP contribution >= 0.6 is 27.0 Å². The van der Waals surface area contributed by atoms with Crippen molar-refractivity contribution in [3.63, 3.8) is 0 Å². The van der Waals surface area contributed by atoms with Crippen molar-refractivity contribution in [2.45, 2.75) is 24.1 Å². The number of aryl methyl sites for hydroxylation is 2. The van der Waals surface area contributed by atoms with Crippen molar-refractivity contribution in [1.29, 1.82) is 0 Å². The molecule has 0 fully saturated rings. The van der Waals surface area contributed by atoms with Gasteiger partial charge < -0.3 is 34.4 Å². The summed E-state index contributed by atoms with van der Waals surface area (Å²) in [6, 6.07) is 11.0. The number of phenols is 2. The third-order valence-electron chi connectivity index (χ3n) is 5.34. The van der Waals surface area contributed by atoms with E-state index in [4.69, 9.17) is 0 Å². The minimum atomic E-state index is -5.22. The lowest BCUT2D eigenvalue weighted by Gasteiger charge is -2.33. The Balaban J connectivity index is 2.22. The van der Waals surface area contributed by atoms with Crippen LogP contribution in [0, 0.1) is 6.92 Å². The fourth-order valence-electron chi connectivity index (χ4n) is 3.79. The fraction of sp³-hybridized carbons (Fsp3) is 0.263. The summed E-state index contributed by atoms with van der Waals surface area (Å²) >= 11 is 0.447. The maximum absolute atomic E-state index is 12.2. The number of hydrogen-bond acceptors (Lipinski definition) is 5. The van der Waals surface area contributed by atoms with Gasteiger partial charge in [-0.05, 0) is 60.7 Å². The first kappa shape index (κ1) is 23.9. The summed E-state index contributed by atoms with van der Waals surface area (Å²) in [5.74, 6) is 0.0377. The second kappa shape index (κ2) is 8.30. The number of thioether (sulfide) groups is 1. The third-order valence-corrected chi connectivity index (χ3v) is 12.6. The molecule has 1 aromatic heterocycles. The molecule has 1 heterocycles. The fourth-order valence-corrected chi connectivity index (χ4v) is 8.13. The summed E-state index contributed by atoms with van der Waals surface area (Å²) in [5.41, 5.74) is 2.69. The second-order valence-electron chi connectivity index (χ2n) is 7.16. The van der Waals surface area contributed by atoms with Gasteiger partial charge in [-0.15, -0.1) is 11.8 Å². The summed E-state index contributed by atoms with van der Waals surface area (Å²) in [4.78, 5) is 39.4. The van der Waals surface area contributed by atoms with Crippen molar-refractivity contribution in [3.8, 4) is 22.8 Å². The number of hydrogen-bond donors (Lipinski definition) is 6. The van der Waals surface area contributed by atoms with Crippen molar-refractivity contribution in [3.05, 3.63) is 48.0 Å². The van der Waals surface area contributed by atoms with E-state index >= 15 is 0 Å². The van der Waals surface area contributed by atoms with Gasteiger partial charge in [0.1, 0.15) is 11.5 Å². The largest absolute Gasteiger partial charge is 0.508 e. The Morgan fingerprint density at radius 1 is 0.935 bits per heavy atom. The average Bonchev–Trinajstić information content (AvgIpc) is 2.92. The SMILES string of the molecule is CSC(CCn1c(-c2ccc(O)cc2)c(C)c2ccc(O)cc21)(P(=O)(O)O)P(=O)(O)O. The van der Waals surface area contributed by atoms with Gasteiger partial charge in [-0.2, -0.15) is 0 Å². The molecule has 0 amide bonds. The minimum Gasteiger partial charge on any atom is -0.508 e. The highest BCUT2D eigenvalue weighted by Gasteiger charge is 2.59. The molecule has 6 N–H and O–H groups in total. The minimum absolute atomic E-state index is 0.0235. The number of benzene rings is 2. The molecule has 168 valence electrons. The summed E-state index contributed by atoms with van der Waals surface area (Å²) in [5, 5.41) is 20.4. The molecule has 31 heavy (non-hydrogen) atoms. The van der Waals surface area contributed by atoms with Crippen molar-refractivity contribution in [2.24, 2.45) is 0 Å². The molecule has 3 aromatic rings. The average molecular weight is 487 g/mol. The van der Waals surface area contributed by atoms with E-state index < -0.39 is 25.8 Å². The van der Waals surface area contributed by atoms with E-state index in [0.717, 1.165) is 10.9 Å². The Labute approximate surface area is 182 Å². The van der Waals surface area contributed by atoms with Gasteiger partial charge in [-0.1, -0.05) is 0 Å². The van der Waals surface area contributed by atoms with Crippen molar-refractivity contribution >= 4 is 37.9 Å². The molecule has 0 radical (unpaired) electrons. The van der Waals surface area contributed by atoms with Crippen molar-refractivity contribution in [1.82, 2.24) is 4.57 Å². The van der Waals surface area contributed by atoms with Crippen LogP contribution in [0.5, 0.6) is 11.5 Å². The number of rotatable bonds is 7. The number of aromatic hydroxyl groups is 2. The predicted octanol–water partition coefficient (Wildman–Crippen LogP) is 3.79. The van der Waals surface area contributed by atoms with Crippen LogP contribution in [0.4, 0.5) is 0 Å². The Bertz CT molecular complexity index is 1190. The normalized spacial score (nSPS) is 13.1. The van der Waals surface area contributed by atoms with Gasteiger partial charge in [0.15, 0.2) is 0 Å². The predicted molar refractivity (Wildman–Crippen MR) is 120 cm³/mol. The zero-order valence-corrected chi connectivity index (χ0v) is 19.3. The maximum atomic E-state index is 12.2. The number of fused-ring (bicyclic) bond motifs is 1. The first-order valence-corrected chi connectivity index (χ1v) is 13.5. The van der Waals surface area contributed by atoms with E-state index in [9.17, 15) is 38.9 Å². The first-order valence-electron chi connectivity index (χ1n) is 9.10. The molecule has 0 saturated carbocycles. The summed E-state index contributed by atoms with van der Waals surface area (Å²) < 4.78 is 23.4. The zero-order valence-electron chi connectivity index (χ0n) is 16.7. The molecule has 0 aliphatic heterocycles. The van der Waals surface area contributed by atoms with E-state index in [2.05, 4.69) is 0 Å². The molecule has 0 bridgehead atoms. The van der Waals surface area contributed by atoms with Gasteiger partial charge in [0.25, 0.3) is 0 Å². The van der Waals surface area contributed by atoms with Gasteiger partial charge in [0, 0.05) is 24.4 Å².